The molecular weight excluding hydrogens is 178 g/mol. The summed E-state index contributed by atoms with van der Waals surface area (Å²) >= 11 is 0. The van der Waals surface area contributed by atoms with Crippen LogP contribution >= 0.6 is 0 Å². The molecule has 80 valence electrons. The SMILES string of the molecule is C=C[C@@H]1COCCN1C(=O)CC(C)C. The molecule has 0 aliphatic carbocycles. The van der Waals surface area contributed by atoms with Crippen molar-refractivity contribution < 1.29 is 9.53 Å². The number of rotatable bonds is 3. The van der Waals surface area contributed by atoms with Crippen LogP contribution in [-0.4, -0.2) is 36.6 Å². The van der Waals surface area contributed by atoms with Crippen molar-refractivity contribution in [3.63, 3.8) is 0 Å². The number of ether oxygens (including phenoxy) is 1. The van der Waals surface area contributed by atoms with Crippen molar-refractivity contribution in [2.75, 3.05) is 19.8 Å². The molecule has 1 aliphatic rings. The van der Waals surface area contributed by atoms with E-state index >= 15 is 0 Å². The van der Waals surface area contributed by atoms with Gasteiger partial charge in [-0.3, -0.25) is 4.79 Å². The first kappa shape index (κ1) is 11.2. The fourth-order valence-electron chi connectivity index (χ4n) is 1.59. The Morgan fingerprint density at radius 2 is 2.43 bits per heavy atom. The first-order valence-electron chi connectivity index (χ1n) is 5.15. The van der Waals surface area contributed by atoms with Crippen LogP contribution in [0.25, 0.3) is 0 Å². The average Bonchev–Trinajstić information content (AvgIpc) is 2.16. The highest BCUT2D eigenvalue weighted by molar-refractivity contribution is 5.77. The topological polar surface area (TPSA) is 29.5 Å². The number of hydrogen-bond donors (Lipinski definition) is 0. The fourth-order valence-corrected chi connectivity index (χ4v) is 1.59. The Bertz CT molecular complexity index is 213. The van der Waals surface area contributed by atoms with E-state index in [0.29, 0.717) is 32.1 Å². The van der Waals surface area contributed by atoms with Gasteiger partial charge in [-0.05, 0) is 5.92 Å². The monoisotopic (exact) mass is 197 g/mol. The highest BCUT2D eigenvalue weighted by Crippen LogP contribution is 2.12. The van der Waals surface area contributed by atoms with E-state index in [4.69, 9.17) is 4.74 Å². The second-order valence-electron chi connectivity index (χ2n) is 4.06. The second kappa shape index (κ2) is 5.15. The molecule has 3 nitrogen and oxygen atoms in total. The van der Waals surface area contributed by atoms with E-state index in [0.717, 1.165) is 0 Å². The summed E-state index contributed by atoms with van der Waals surface area (Å²) in [6.07, 6.45) is 2.40. The molecule has 0 aromatic heterocycles. The van der Waals surface area contributed by atoms with Gasteiger partial charge in [0.05, 0.1) is 19.3 Å². The second-order valence-corrected chi connectivity index (χ2v) is 4.06. The molecule has 0 bridgehead atoms. The Kier molecular flexibility index (Phi) is 4.14. The normalized spacial score (nSPS) is 22.5. The van der Waals surface area contributed by atoms with Crippen LogP contribution < -0.4 is 0 Å². The Morgan fingerprint density at radius 3 is 3.00 bits per heavy atom. The molecule has 1 rings (SSSR count). The van der Waals surface area contributed by atoms with Gasteiger partial charge in [0, 0.05) is 13.0 Å². The van der Waals surface area contributed by atoms with Crippen LogP contribution in [0.15, 0.2) is 12.7 Å². The first-order valence-corrected chi connectivity index (χ1v) is 5.15. The van der Waals surface area contributed by atoms with Gasteiger partial charge in [-0.2, -0.15) is 0 Å². The molecule has 0 spiro atoms. The third-order valence-electron chi connectivity index (χ3n) is 2.34. The minimum absolute atomic E-state index is 0.0648. The lowest BCUT2D eigenvalue weighted by atomic mass is 10.1. The molecule has 0 N–H and O–H groups in total. The highest BCUT2D eigenvalue weighted by atomic mass is 16.5. The summed E-state index contributed by atoms with van der Waals surface area (Å²) in [5.74, 6) is 0.629. The summed E-state index contributed by atoms with van der Waals surface area (Å²) in [5, 5.41) is 0. The Balaban J connectivity index is 2.54. The van der Waals surface area contributed by atoms with Gasteiger partial charge in [0.1, 0.15) is 0 Å². The molecule has 1 atom stereocenters. The van der Waals surface area contributed by atoms with Crippen molar-refractivity contribution in [3.05, 3.63) is 12.7 Å². The van der Waals surface area contributed by atoms with E-state index in [9.17, 15) is 4.79 Å². The van der Waals surface area contributed by atoms with Crippen LogP contribution in [0.3, 0.4) is 0 Å². The molecule has 1 fully saturated rings. The van der Waals surface area contributed by atoms with Crippen LogP contribution in [0.4, 0.5) is 0 Å². The minimum atomic E-state index is 0.0648. The quantitative estimate of drug-likeness (QED) is 0.641. The Hall–Kier alpha value is -0.830. The molecule has 1 saturated heterocycles. The molecule has 1 amide bonds. The highest BCUT2D eigenvalue weighted by Gasteiger charge is 2.24. The van der Waals surface area contributed by atoms with Crippen molar-refractivity contribution in [2.24, 2.45) is 5.92 Å². The van der Waals surface area contributed by atoms with Crippen molar-refractivity contribution in [1.82, 2.24) is 4.90 Å². The van der Waals surface area contributed by atoms with Crippen LogP contribution in [0.1, 0.15) is 20.3 Å². The zero-order valence-corrected chi connectivity index (χ0v) is 9.03. The smallest absolute Gasteiger partial charge is 0.223 e. The lowest BCUT2D eigenvalue weighted by molar-refractivity contribution is -0.138. The first-order chi connectivity index (χ1) is 6.65. The van der Waals surface area contributed by atoms with Crippen molar-refractivity contribution >= 4 is 5.91 Å². The zero-order valence-electron chi connectivity index (χ0n) is 9.03. The van der Waals surface area contributed by atoms with Gasteiger partial charge in [-0.15, -0.1) is 6.58 Å². The summed E-state index contributed by atoms with van der Waals surface area (Å²) in [6, 6.07) is 0.0648. The molecule has 1 heterocycles. The van der Waals surface area contributed by atoms with Crippen molar-refractivity contribution in [1.29, 1.82) is 0 Å². The van der Waals surface area contributed by atoms with Crippen molar-refractivity contribution in [3.8, 4) is 0 Å². The largest absolute Gasteiger partial charge is 0.377 e. The third kappa shape index (κ3) is 2.84. The third-order valence-corrected chi connectivity index (χ3v) is 2.34. The molecule has 1 aliphatic heterocycles. The van der Waals surface area contributed by atoms with Crippen LogP contribution in [-0.2, 0) is 9.53 Å². The number of amides is 1. The van der Waals surface area contributed by atoms with Crippen LogP contribution in [0.2, 0.25) is 0 Å². The molecular formula is C11H19NO2. The van der Waals surface area contributed by atoms with E-state index in [2.05, 4.69) is 20.4 Å². The van der Waals surface area contributed by atoms with Gasteiger partial charge in [-0.25, -0.2) is 0 Å². The van der Waals surface area contributed by atoms with Crippen molar-refractivity contribution in [2.45, 2.75) is 26.3 Å². The lowest BCUT2D eigenvalue weighted by Crippen LogP contribution is -2.47. The van der Waals surface area contributed by atoms with E-state index in [-0.39, 0.29) is 11.9 Å². The standard InChI is InChI=1S/C11H19NO2/c1-4-10-8-14-6-5-12(10)11(13)7-9(2)3/h4,9-10H,1,5-8H2,2-3H3/t10-/m1/s1. The maximum absolute atomic E-state index is 11.8. The van der Waals surface area contributed by atoms with Gasteiger partial charge < -0.3 is 9.64 Å². The Labute approximate surface area is 85.7 Å². The lowest BCUT2D eigenvalue weighted by Gasteiger charge is -2.34. The molecule has 0 aromatic rings. The van der Waals surface area contributed by atoms with E-state index in [1.165, 1.54) is 0 Å². The maximum atomic E-state index is 11.8. The molecule has 14 heavy (non-hydrogen) atoms. The number of carbonyl (C=O) groups is 1. The minimum Gasteiger partial charge on any atom is -0.377 e. The van der Waals surface area contributed by atoms with Gasteiger partial charge >= 0.3 is 0 Å². The predicted molar refractivity (Wildman–Crippen MR) is 56.0 cm³/mol. The van der Waals surface area contributed by atoms with E-state index in [1.807, 2.05) is 4.90 Å². The fraction of sp³-hybridized carbons (Fsp3) is 0.727. The average molecular weight is 197 g/mol. The number of nitrogens with zero attached hydrogens (tertiary/aromatic N) is 1. The van der Waals surface area contributed by atoms with E-state index < -0.39 is 0 Å². The summed E-state index contributed by atoms with van der Waals surface area (Å²) in [6.45, 7) is 9.77. The van der Waals surface area contributed by atoms with Crippen LogP contribution in [0, 0.1) is 5.92 Å². The number of morpholine rings is 1. The number of carbonyl (C=O) groups excluding carboxylic acids is 1. The summed E-state index contributed by atoms with van der Waals surface area (Å²) in [5.41, 5.74) is 0. The summed E-state index contributed by atoms with van der Waals surface area (Å²) in [7, 11) is 0. The molecule has 0 radical (unpaired) electrons. The predicted octanol–water partition coefficient (Wildman–Crippen LogP) is 1.45. The Morgan fingerprint density at radius 1 is 1.71 bits per heavy atom. The van der Waals surface area contributed by atoms with Crippen LogP contribution in [0.5, 0.6) is 0 Å². The summed E-state index contributed by atoms with van der Waals surface area (Å²) in [4.78, 5) is 13.7. The van der Waals surface area contributed by atoms with E-state index in [1.54, 1.807) is 6.08 Å². The summed E-state index contributed by atoms with van der Waals surface area (Å²) < 4.78 is 5.29. The van der Waals surface area contributed by atoms with Gasteiger partial charge in [0.2, 0.25) is 5.91 Å². The van der Waals surface area contributed by atoms with Gasteiger partial charge in [0.25, 0.3) is 0 Å². The molecule has 0 unspecified atom stereocenters. The zero-order chi connectivity index (χ0) is 10.6. The molecule has 3 heteroatoms. The number of hydrogen-bond acceptors (Lipinski definition) is 2. The molecule has 0 aromatic carbocycles. The molecule has 0 saturated carbocycles. The van der Waals surface area contributed by atoms with Gasteiger partial charge in [0.15, 0.2) is 0 Å². The maximum Gasteiger partial charge on any atom is 0.223 e. The van der Waals surface area contributed by atoms with Gasteiger partial charge in [-0.1, -0.05) is 19.9 Å².